The van der Waals surface area contributed by atoms with Gasteiger partial charge in [-0.25, -0.2) is 4.79 Å². The first-order chi connectivity index (χ1) is 18.8. The van der Waals surface area contributed by atoms with Gasteiger partial charge < -0.3 is 9.30 Å². The van der Waals surface area contributed by atoms with Crippen LogP contribution >= 0.6 is 0 Å². The molecule has 8 nitrogen and oxygen atoms in total. The zero-order valence-corrected chi connectivity index (χ0v) is 21.3. The predicted molar refractivity (Wildman–Crippen MR) is 142 cm³/mol. The molecule has 4 aromatic rings. The molecule has 2 amide bonds. The lowest BCUT2D eigenvalue weighted by Gasteiger charge is -2.20. The Bertz CT molecular complexity index is 1600. The number of aromatic nitrogens is 1. The van der Waals surface area contributed by atoms with Crippen molar-refractivity contribution in [2.45, 2.75) is 19.6 Å². The van der Waals surface area contributed by atoms with E-state index in [1.807, 2.05) is 12.1 Å². The summed E-state index contributed by atoms with van der Waals surface area (Å²) >= 11 is 0. The number of carbonyl (C=O) groups excluding carboxylic acids is 4. The zero-order chi connectivity index (χ0) is 27.7. The van der Waals surface area contributed by atoms with Gasteiger partial charge in [0, 0.05) is 23.9 Å². The number of imide groups is 1. The fraction of sp³-hybridized carbons (Fsp3) is 0.129. The second kappa shape index (κ2) is 10.3. The van der Waals surface area contributed by atoms with Gasteiger partial charge in [0.25, 0.3) is 23.2 Å². The van der Waals surface area contributed by atoms with Crippen molar-refractivity contribution in [1.29, 1.82) is 0 Å². The number of pyridine rings is 1. The summed E-state index contributed by atoms with van der Waals surface area (Å²) in [6, 6.07) is 25.7. The number of benzene rings is 3. The van der Waals surface area contributed by atoms with Crippen molar-refractivity contribution in [2.24, 2.45) is 7.05 Å². The van der Waals surface area contributed by atoms with Gasteiger partial charge >= 0.3 is 5.97 Å². The number of Topliss-reactive ketones (excluding diaryl/α,β-unsaturated/α-hetero) is 1. The van der Waals surface area contributed by atoms with E-state index in [0.717, 1.165) is 4.90 Å². The number of amides is 2. The molecule has 39 heavy (non-hydrogen) atoms. The summed E-state index contributed by atoms with van der Waals surface area (Å²) in [6.45, 7) is 1.15. The lowest BCUT2D eigenvalue weighted by Crippen LogP contribution is -2.36. The van der Waals surface area contributed by atoms with E-state index in [1.165, 1.54) is 29.8 Å². The van der Waals surface area contributed by atoms with Gasteiger partial charge in [0.2, 0.25) is 0 Å². The van der Waals surface area contributed by atoms with Crippen LogP contribution in [-0.4, -0.2) is 33.0 Å². The SMILES string of the molecule is Cc1cc(C(=O)C(=O)OC(c2ccccc2)c2ccccc2)c(CN2C(=O)c3ccccc3C2=O)c(=O)n1C. The van der Waals surface area contributed by atoms with Gasteiger partial charge in [-0.1, -0.05) is 72.8 Å². The third-order valence-electron chi connectivity index (χ3n) is 6.82. The van der Waals surface area contributed by atoms with E-state index < -0.39 is 41.8 Å². The molecule has 0 saturated heterocycles. The van der Waals surface area contributed by atoms with Gasteiger partial charge in [-0.15, -0.1) is 0 Å². The van der Waals surface area contributed by atoms with E-state index in [1.54, 1.807) is 67.6 Å². The summed E-state index contributed by atoms with van der Waals surface area (Å²) in [6.07, 6.45) is -0.865. The summed E-state index contributed by atoms with van der Waals surface area (Å²) in [4.78, 5) is 66.9. The molecular formula is C31H24N2O6. The average Bonchev–Trinajstić information content (AvgIpc) is 3.21. The standard InChI is InChI=1S/C31H24N2O6/c1-19-17-24(25(28(35)32(19)2)18-33-29(36)22-15-9-10-16-23(22)30(33)37)26(34)31(38)39-27(20-11-5-3-6-12-20)21-13-7-4-8-14-21/h3-17,27H,18H2,1-2H3. The zero-order valence-electron chi connectivity index (χ0n) is 21.3. The lowest BCUT2D eigenvalue weighted by molar-refractivity contribution is -0.141. The maximum Gasteiger partial charge on any atom is 0.380 e. The minimum absolute atomic E-state index is 0.143. The molecule has 0 N–H and O–H groups in total. The summed E-state index contributed by atoms with van der Waals surface area (Å²) in [5.41, 5.74) is 1.23. The van der Waals surface area contributed by atoms with Crippen LogP contribution in [0.15, 0.2) is 95.8 Å². The number of hydrogen-bond donors (Lipinski definition) is 0. The second-order valence-corrected chi connectivity index (χ2v) is 9.22. The number of esters is 1. The Hall–Kier alpha value is -5.11. The molecule has 8 heteroatoms. The molecule has 1 aliphatic rings. The molecule has 194 valence electrons. The fourth-order valence-electron chi connectivity index (χ4n) is 4.62. The van der Waals surface area contributed by atoms with Crippen molar-refractivity contribution in [3.8, 4) is 0 Å². The molecule has 5 rings (SSSR count). The highest BCUT2D eigenvalue weighted by molar-refractivity contribution is 6.41. The van der Waals surface area contributed by atoms with E-state index in [0.29, 0.717) is 16.8 Å². The molecule has 3 aromatic carbocycles. The lowest BCUT2D eigenvalue weighted by atomic mass is 10.0. The third-order valence-corrected chi connectivity index (χ3v) is 6.82. The Morgan fingerprint density at radius 2 is 1.26 bits per heavy atom. The van der Waals surface area contributed by atoms with Gasteiger partial charge in [-0.05, 0) is 36.2 Å². The van der Waals surface area contributed by atoms with Crippen LogP contribution in [0.3, 0.4) is 0 Å². The Morgan fingerprint density at radius 1 is 0.769 bits per heavy atom. The largest absolute Gasteiger partial charge is 0.447 e. The van der Waals surface area contributed by atoms with Crippen LogP contribution in [0.25, 0.3) is 0 Å². The van der Waals surface area contributed by atoms with Crippen LogP contribution < -0.4 is 5.56 Å². The van der Waals surface area contributed by atoms with Crippen molar-refractivity contribution in [3.63, 3.8) is 0 Å². The minimum Gasteiger partial charge on any atom is -0.447 e. The molecule has 0 aliphatic carbocycles. The number of hydrogen-bond acceptors (Lipinski definition) is 6. The average molecular weight is 521 g/mol. The van der Waals surface area contributed by atoms with E-state index in [9.17, 15) is 24.0 Å². The maximum absolute atomic E-state index is 13.5. The Labute approximate surface area is 224 Å². The van der Waals surface area contributed by atoms with Gasteiger partial charge in [0.1, 0.15) is 0 Å². The van der Waals surface area contributed by atoms with Crippen LogP contribution in [0, 0.1) is 6.92 Å². The number of ketones is 1. The molecule has 2 heterocycles. The van der Waals surface area contributed by atoms with Gasteiger partial charge in [-0.2, -0.15) is 0 Å². The van der Waals surface area contributed by atoms with Crippen LogP contribution in [0.5, 0.6) is 0 Å². The number of ether oxygens (including phenoxy) is 1. The number of rotatable bonds is 7. The van der Waals surface area contributed by atoms with Crippen LogP contribution in [0.4, 0.5) is 0 Å². The van der Waals surface area contributed by atoms with Gasteiger partial charge in [0.05, 0.1) is 17.7 Å². The molecule has 0 fully saturated rings. The Morgan fingerprint density at radius 3 is 1.77 bits per heavy atom. The number of fused-ring (bicyclic) bond motifs is 1. The number of nitrogens with zero attached hydrogens (tertiary/aromatic N) is 2. The van der Waals surface area contributed by atoms with Crippen LogP contribution in [0.1, 0.15) is 59.6 Å². The molecular weight excluding hydrogens is 496 g/mol. The fourth-order valence-corrected chi connectivity index (χ4v) is 4.62. The third kappa shape index (κ3) is 4.68. The topological polar surface area (TPSA) is 103 Å². The normalized spacial score (nSPS) is 12.5. The van der Waals surface area contributed by atoms with Crippen LogP contribution in [0.2, 0.25) is 0 Å². The highest BCUT2D eigenvalue weighted by atomic mass is 16.5. The molecule has 0 saturated carbocycles. The predicted octanol–water partition coefficient (Wildman–Crippen LogP) is 4.01. The van der Waals surface area contributed by atoms with E-state index in [-0.39, 0.29) is 22.3 Å². The Kier molecular flexibility index (Phi) is 6.77. The summed E-state index contributed by atoms with van der Waals surface area (Å²) < 4.78 is 7.02. The van der Waals surface area contributed by atoms with E-state index in [4.69, 9.17) is 4.74 Å². The quantitative estimate of drug-likeness (QED) is 0.158. The van der Waals surface area contributed by atoms with Crippen molar-refractivity contribution in [1.82, 2.24) is 9.47 Å². The minimum atomic E-state index is -1.16. The second-order valence-electron chi connectivity index (χ2n) is 9.22. The molecule has 1 aliphatic heterocycles. The van der Waals surface area contributed by atoms with Crippen molar-refractivity contribution < 1.29 is 23.9 Å². The monoisotopic (exact) mass is 520 g/mol. The van der Waals surface area contributed by atoms with Crippen LogP contribution in [-0.2, 0) is 23.1 Å². The molecule has 1 aromatic heterocycles. The first-order valence-electron chi connectivity index (χ1n) is 12.3. The smallest absolute Gasteiger partial charge is 0.380 e. The van der Waals surface area contributed by atoms with Crippen molar-refractivity contribution in [2.75, 3.05) is 0 Å². The first kappa shape index (κ1) is 25.5. The molecule has 0 unspecified atom stereocenters. The molecule has 0 bridgehead atoms. The van der Waals surface area contributed by atoms with E-state index >= 15 is 0 Å². The van der Waals surface area contributed by atoms with E-state index in [2.05, 4.69) is 0 Å². The summed E-state index contributed by atoms with van der Waals surface area (Å²) in [5.74, 6) is -3.36. The van der Waals surface area contributed by atoms with Gasteiger partial charge in [-0.3, -0.25) is 24.1 Å². The number of aryl methyl sites for hydroxylation is 1. The molecule has 0 atom stereocenters. The Balaban J connectivity index is 1.50. The highest BCUT2D eigenvalue weighted by Gasteiger charge is 2.37. The molecule has 0 spiro atoms. The van der Waals surface area contributed by atoms with Crippen molar-refractivity contribution in [3.05, 3.63) is 140 Å². The number of carbonyl (C=O) groups is 4. The van der Waals surface area contributed by atoms with Gasteiger partial charge in [0.15, 0.2) is 6.10 Å². The first-order valence-corrected chi connectivity index (χ1v) is 12.3. The summed E-state index contributed by atoms with van der Waals surface area (Å²) in [7, 11) is 1.51. The highest BCUT2D eigenvalue weighted by Crippen LogP contribution is 2.28. The maximum atomic E-state index is 13.5. The molecule has 0 radical (unpaired) electrons. The van der Waals surface area contributed by atoms with Crippen molar-refractivity contribution >= 4 is 23.6 Å². The summed E-state index contributed by atoms with van der Waals surface area (Å²) in [5, 5.41) is 0.